The zero-order chi connectivity index (χ0) is 13.4. The van der Waals surface area contributed by atoms with Crippen LogP contribution in [0.1, 0.15) is 6.42 Å². The maximum absolute atomic E-state index is 11.3. The Morgan fingerprint density at radius 3 is 2.35 bits per heavy atom. The van der Waals surface area contributed by atoms with Gasteiger partial charge in [0, 0.05) is 12.4 Å². The van der Waals surface area contributed by atoms with Gasteiger partial charge in [-0.3, -0.25) is 14.5 Å². The molecule has 0 unspecified atom stereocenters. The summed E-state index contributed by atoms with van der Waals surface area (Å²) in [5, 5.41) is 11.7. The van der Waals surface area contributed by atoms with Crippen LogP contribution in [0.25, 0.3) is 0 Å². The maximum Gasteiger partial charge on any atom is 0.321 e. The fourth-order valence-corrected chi connectivity index (χ4v) is 1.52. The summed E-state index contributed by atoms with van der Waals surface area (Å²) >= 11 is 4.03. The minimum atomic E-state index is -0.900. The summed E-state index contributed by atoms with van der Waals surface area (Å²) in [6.45, 7) is 0.655. The summed E-state index contributed by atoms with van der Waals surface area (Å²) in [6.07, 6.45) is 0.367. The average molecular weight is 263 g/mol. The number of hydrogen-bond acceptors (Lipinski definition) is 5. The molecule has 0 heterocycles. The van der Waals surface area contributed by atoms with E-state index in [1.54, 1.807) is 30.9 Å². The molecule has 2 N–H and O–H groups in total. The average Bonchev–Trinajstić information content (AvgIpc) is 2.21. The lowest BCUT2D eigenvalue weighted by molar-refractivity contribution is -0.142. The lowest BCUT2D eigenvalue weighted by Crippen LogP contribution is -2.41. The first-order valence-electron chi connectivity index (χ1n) is 5.33. The van der Waals surface area contributed by atoms with Gasteiger partial charge in [0.25, 0.3) is 0 Å². The fraction of sp³-hybridized carbons (Fsp3) is 0.800. The third-order valence-corrected chi connectivity index (χ3v) is 2.69. The number of carbonyl (C=O) groups is 2. The molecule has 6 nitrogen and oxygen atoms in total. The first kappa shape index (κ1) is 16.2. The third-order valence-electron chi connectivity index (χ3n) is 2.24. The fourth-order valence-electron chi connectivity index (χ4n) is 1.32. The van der Waals surface area contributed by atoms with E-state index in [9.17, 15) is 9.59 Å². The van der Waals surface area contributed by atoms with Crippen molar-refractivity contribution in [1.29, 1.82) is 0 Å². The number of rotatable bonds is 8. The first-order valence-corrected chi connectivity index (χ1v) is 5.97. The molecule has 0 aliphatic carbocycles. The number of carboxylic acids is 1. The Bertz CT molecular complexity index is 261. The van der Waals surface area contributed by atoms with Crippen LogP contribution in [0.15, 0.2) is 0 Å². The number of amides is 1. The number of likely N-dealkylation sites (N-methyl/N-ethyl adjacent to an activating group) is 2. The lowest BCUT2D eigenvalue weighted by atomic mass is 10.2. The molecule has 7 heteroatoms. The van der Waals surface area contributed by atoms with Gasteiger partial charge < -0.3 is 15.3 Å². The summed E-state index contributed by atoms with van der Waals surface area (Å²) in [6, 6.07) is -0.618. The van der Waals surface area contributed by atoms with Gasteiger partial charge in [0.2, 0.25) is 5.91 Å². The Labute approximate surface area is 107 Å². The van der Waals surface area contributed by atoms with E-state index in [2.05, 4.69) is 17.9 Å². The quantitative estimate of drug-likeness (QED) is 0.400. The van der Waals surface area contributed by atoms with Gasteiger partial charge in [-0.1, -0.05) is 0 Å². The molecule has 100 valence electrons. The van der Waals surface area contributed by atoms with E-state index in [1.165, 1.54) is 0 Å². The number of hydrogen-bond donors (Lipinski definition) is 3. The molecule has 0 fully saturated rings. The van der Waals surface area contributed by atoms with Gasteiger partial charge in [0.15, 0.2) is 0 Å². The Balaban J connectivity index is 3.98. The van der Waals surface area contributed by atoms with Gasteiger partial charge in [0.1, 0.15) is 6.04 Å². The van der Waals surface area contributed by atoms with Crippen molar-refractivity contribution in [2.75, 3.05) is 40.1 Å². The normalized spacial score (nSPS) is 12.8. The minimum absolute atomic E-state index is 0.104. The largest absolute Gasteiger partial charge is 0.480 e. The topological polar surface area (TPSA) is 72.9 Å². The van der Waals surface area contributed by atoms with Gasteiger partial charge in [0.05, 0.1) is 6.54 Å². The molecule has 0 bridgehead atoms. The highest BCUT2D eigenvalue weighted by atomic mass is 32.1. The van der Waals surface area contributed by atoms with Crippen molar-refractivity contribution in [3.8, 4) is 0 Å². The van der Waals surface area contributed by atoms with Gasteiger partial charge in [-0.2, -0.15) is 12.6 Å². The number of thiol groups is 1. The number of nitrogens with zero attached hydrogens (tertiary/aromatic N) is 2. The number of carboxylic acid groups (broad SMARTS) is 1. The Morgan fingerprint density at radius 1 is 1.35 bits per heavy atom. The molecule has 0 aliphatic rings. The van der Waals surface area contributed by atoms with Crippen molar-refractivity contribution < 1.29 is 14.7 Å². The van der Waals surface area contributed by atoms with Crippen molar-refractivity contribution in [2.24, 2.45) is 0 Å². The molecule has 0 aromatic carbocycles. The van der Waals surface area contributed by atoms with Crippen molar-refractivity contribution in [3.63, 3.8) is 0 Å². The van der Waals surface area contributed by atoms with E-state index in [0.717, 1.165) is 0 Å². The van der Waals surface area contributed by atoms with Gasteiger partial charge in [-0.05, 0) is 27.6 Å². The molecule has 0 spiro atoms. The first-order chi connectivity index (χ1) is 7.88. The molecular formula is C10H21N3O3S. The smallest absolute Gasteiger partial charge is 0.321 e. The molecule has 0 aliphatic heterocycles. The van der Waals surface area contributed by atoms with Crippen LogP contribution in [0.5, 0.6) is 0 Å². The molecule has 0 saturated heterocycles. The molecule has 17 heavy (non-hydrogen) atoms. The summed E-state index contributed by atoms with van der Waals surface area (Å²) in [7, 11) is 5.29. The number of nitrogens with one attached hydrogen (secondary N) is 1. The second kappa shape index (κ2) is 8.32. The lowest BCUT2D eigenvalue weighted by Gasteiger charge is -2.22. The monoisotopic (exact) mass is 263 g/mol. The summed E-state index contributed by atoms with van der Waals surface area (Å²) in [4.78, 5) is 25.6. The molecule has 0 saturated carbocycles. The zero-order valence-electron chi connectivity index (χ0n) is 10.5. The highest BCUT2D eigenvalue weighted by molar-refractivity contribution is 7.80. The summed E-state index contributed by atoms with van der Waals surface area (Å²) in [5.41, 5.74) is 0. The predicted octanol–water partition coefficient (Wildman–Crippen LogP) is -0.673. The van der Waals surface area contributed by atoms with Gasteiger partial charge >= 0.3 is 5.97 Å². The second-order valence-corrected chi connectivity index (χ2v) is 4.41. The van der Waals surface area contributed by atoms with E-state index >= 15 is 0 Å². The van der Waals surface area contributed by atoms with Crippen LogP contribution in [0.2, 0.25) is 0 Å². The summed E-state index contributed by atoms with van der Waals surface area (Å²) in [5.74, 6) is -0.640. The van der Waals surface area contributed by atoms with Gasteiger partial charge in [-0.25, -0.2) is 0 Å². The number of carbonyl (C=O) groups excluding carboxylic acids is 1. The minimum Gasteiger partial charge on any atom is -0.480 e. The highest BCUT2D eigenvalue weighted by Crippen LogP contribution is 2.02. The van der Waals surface area contributed by atoms with Crippen LogP contribution in [0, 0.1) is 0 Å². The molecule has 0 radical (unpaired) electrons. The molecular weight excluding hydrogens is 242 g/mol. The molecule has 0 aromatic heterocycles. The van der Waals surface area contributed by atoms with Crippen molar-refractivity contribution in [3.05, 3.63) is 0 Å². The highest BCUT2D eigenvalue weighted by Gasteiger charge is 2.21. The van der Waals surface area contributed by atoms with E-state index < -0.39 is 12.0 Å². The van der Waals surface area contributed by atoms with Crippen LogP contribution in [-0.4, -0.2) is 72.9 Å². The predicted molar refractivity (Wildman–Crippen MR) is 69.2 cm³/mol. The zero-order valence-corrected chi connectivity index (χ0v) is 11.4. The molecule has 0 aromatic rings. The van der Waals surface area contributed by atoms with E-state index in [4.69, 9.17) is 5.11 Å². The Kier molecular flexibility index (Phi) is 7.94. The van der Waals surface area contributed by atoms with Gasteiger partial charge in [-0.15, -0.1) is 0 Å². The Hall–Kier alpha value is -0.790. The molecule has 1 amide bonds. The van der Waals surface area contributed by atoms with Crippen molar-refractivity contribution >= 4 is 24.5 Å². The molecule has 0 rings (SSSR count). The second-order valence-electron chi connectivity index (χ2n) is 4.13. The van der Waals surface area contributed by atoms with Crippen molar-refractivity contribution in [1.82, 2.24) is 15.1 Å². The van der Waals surface area contributed by atoms with Crippen LogP contribution in [0.3, 0.4) is 0 Å². The Morgan fingerprint density at radius 2 is 1.94 bits per heavy atom. The van der Waals surface area contributed by atoms with Crippen LogP contribution in [-0.2, 0) is 9.59 Å². The van der Waals surface area contributed by atoms with Crippen LogP contribution >= 0.6 is 12.6 Å². The number of aliphatic carboxylic acids is 1. The van der Waals surface area contributed by atoms with Crippen LogP contribution < -0.4 is 5.32 Å². The molecule has 1 atom stereocenters. The van der Waals surface area contributed by atoms with Crippen LogP contribution in [0.4, 0.5) is 0 Å². The maximum atomic E-state index is 11.3. The van der Waals surface area contributed by atoms with E-state index in [-0.39, 0.29) is 5.91 Å². The third kappa shape index (κ3) is 7.19. The van der Waals surface area contributed by atoms with Crippen molar-refractivity contribution in [2.45, 2.75) is 12.5 Å². The summed E-state index contributed by atoms with van der Waals surface area (Å²) < 4.78 is 0. The SMILES string of the molecule is CN(C)CC(=O)NCC[C@@H](C(=O)O)N(C)CS. The van der Waals surface area contributed by atoms with E-state index in [1.807, 2.05) is 0 Å². The van der Waals surface area contributed by atoms with E-state index in [0.29, 0.717) is 25.4 Å². The standard InChI is InChI=1S/C10H21N3O3S/c1-12(2)6-9(14)11-5-4-8(10(15)16)13(3)7-17/h8,17H,4-7H2,1-3H3,(H,11,14)(H,15,16)/t8-/m0/s1.